The quantitative estimate of drug-likeness (QED) is 0.628. The monoisotopic (exact) mass is 440 g/mol. The van der Waals surface area contributed by atoms with Gasteiger partial charge in [0, 0.05) is 6.54 Å². The van der Waals surface area contributed by atoms with Gasteiger partial charge in [0.2, 0.25) is 15.9 Å². The number of hydrogen-bond acceptors (Lipinski definition) is 6. The van der Waals surface area contributed by atoms with E-state index in [1.165, 1.54) is 21.0 Å². The van der Waals surface area contributed by atoms with Gasteiger partial charge in [0.15, 0.2) is 0 Å². The fourth-order valence-corrected chi connectivity index (χ4v) is 5.33. The maximum absolute atomic E-state index is 13.3. The maximum atomic E-state index is 13.3. The Morgan fingerprint density at radius 3 is 2.29 bits per heavy atom. The zero-order valence-corrected chi connectivity index (χ0v) is 17.5. The molecule has 160 valence electrons. The van der Waals surface area contributed by atoms with E-state index in [0.717, 1.165) is 0 Å². The molecule has 2 heterocycles. The van der Waals surface area contributed by atoms with Crippen molar-refractivity contribution in [1.82, 2.24) is 13.9 Å². The standard InChI is InChI=1S/C21H20N4O5S/c1-14-20(26)23-21(27)25(14)19-3-2-12-24(19)31(28,29)18-10-8-17(9-11-18)30-16-6-4-15(13-22)5-7-16/h4-11,19,26H,2-3,12H2,1H3,(H,23,27). The lowest BCUT2D eigenvalue weighted by molar-refractivity contribution is 0.298. The van der Waals surface area contributed by atoms with E-state index < -0.39 is 21.9 Å². The van der Waals surface area contributed by atoms with Gasteiger partial charge in [-0.05, 0) is 68.3 Å². The molecule has 1 aliphatic rings. The summed E-state index contributed by atoms with van der Waals surface area (Å²) in [7, 11) is -3.87. The zero-order valence-electron chi connectivity index (χ0n) is 16.6. The predicted octanol–water partition coefficient (Wildman–Crippen LogP) is 2.84. The van der Waals surface area contributed by atoms with Gasteiger partial charge in [-0.15, -0.1) is 0 Å². The second kappa shape index (κ2) is 7.94. The second-order valence-electron chi connectivity index (χ2n) is 7.18. The molecule has 1 unspecified atom stereocenters. The number of H-pyrrole nitrogens is 1. The van der Waals surface area contributed by atoms with E-state index in [2.05, 4.69) is 4.98 Å². The molecule has 1 saturated heterocycles. The number of nitrogens with zero attached hydrogens (tertiary/aromatic N) is 3. The summed E-state index contributed by atoms with van der Waals surface area (Å²) in [5, 5.41) is 18.6. The first-order valence-corrected chi connectivity index (χ1v) is 11.1. The lowest BCUT2D eigenvalue weighted by Gasteiger charge is -2.25. The van der Waals surface area contributed by atoms with Crippen LogP contribution >= 0.6 is 0 Å². The molecule has 3 aromatic rings. The van der Waals surface area contributed by atoms with Gasteiger partial charge in [0.25, 0.3) is 0 Å². The van der Waals surface area contributed by atoms with Crippen molar-refractivity contribution >= 4 is 10.0 Å². The Bertz CT molecular complexity index is 1300. The SMILES string of the molecule is Cc1c(O)[nH]c(=O)n1C1CCCN1S(=O)(=O)c1ccc(Oc2ccc(C#N)cc2)cc1. The largest absolute Gasteiger partial charge is 0.493 e. The van der Waals surface area contributed by atoms with Crippen molar-refractivity contribution in [2.75, 3.05) is 6.54 Å². The highest BCUT2D eigenvalue weighted by molar-refractivity contribution is 7.89. The van der Waals surface area contributed by atoms with Gasteiger partial charge in [0.05, 0.1) is 22.2 Å². The van der Waals surface area contributed by atoms with Crippen molar-refractivity contribution in [3.8, 4) is 23.4 Å². The number of ether oxygens (including phenoxy) is 1. The van der Waals surface area contributed by atoms with Crippen LogP contribution in [0, 0.1) is 18.3 Å². The lowest BCUT2D eigenvalue weighted by atomic mass is 10.2. The fraction of sp³-hybridized carbons (Fsp3) is 0.238. The van der Waals surface area contributed by atoms with Crippen molar-refractivity contribution in [2.24, 2.45) is 0 Å². The van der Waals surface area contributed by atoms with Crippen molar-refractivity contribution in [3.63, 3.8) is 0 Å². The number of imidazole rings is 1. The van der Waals surface area contributed by atoms with Crippen LogP contribution in [0.15, 0.2) is 58.2 Å². The van der Waals surface area contributed by atoms with E-state index in [1.807, 2.05) is 6.07 Å². The highest BCUT2D eigenvalue weighted by atomic mass is 32.2. The third-order valence-corrected chi connectivity index (χ3v) is 7.18. The Kier molecular flexibility index (Phi) is 5.31. The van der Waals surface area contributed by atoms with Gasteiger partial charge in [0.1, 0.15) is 17.7 Å². The maximum Gasteiger partial charge on any atom is 0.329 e. The summed E-state index contributed by atoms with van der Waals surface area (Å²) in [6, 6.07) is 14.6. The van der Waals surface area contributed by atoms with Crippen LogP contribution in [0.5, 0.6) is 17.4 Å². The minimum absolute atomic E-state index is 0.0806. The number of benzene rings is 2. The van der Waals surface area contributed by atoms with Crippen LogP contribution in [-0.2, 0) is 10.0 Å². The Balaban J connectivity index is 1.58. The van der Waals surface area contributed by atoms with Gasteiger partial charge < -0.3 is 9.84 Å². The normalized spacial score (nSPS) is 16.8. The Labute approximate surface area is 178 Å². The predicted molar refractivity (Wildman–Crippen MR) is 111 cm³/mol. The Hall–Kier alpha value is -3.55. The average Bonchev–Trinajstić information content (AvgIpc) is 3.33. The number of sulfonamides is 1. The van der Waals surface area contributed by atoms with E-state index in [9.17, 15) is 18.3 Å². The summed E-state index contributed by atoms with van der Waals surface area (Å²) in [6.07, 6.45) is 0.364. The number of rotatable bonds is 5. The van der Waals surface area contributed by atoms with Gasteiger partial charge >= 0.3 is 5.69 Å². The molecule has 1 aliphatic heterocycles. The first-order valence-electron chi connectivity index (χ1n) is 9.61. The molecule has 0 bridgehead atoms. The number of nitrogens with one attached hydrogen (secondary N) is 1. The summed E-state index contributed by atoms with van der Waals surface area (Å²) >= 11 is 0. The fourth-order valence-electron chi connectivity index (χ4n) is 3.69. The Morgan fingerprint density at radius 2 is 1.74 bits per heavy atom. The van der Waals surface area contributed by atoms with Crippen molar-refractivity contribution < 1.29 is 18.3 Å². The number of aromatic hydroxyl groups is 1. The van der Waals surface area contributed by atoms with Gasteiger partial charge in [-0.3, -0.25) is 9.55 Å². The molecule has 4 rings (SSSR count). The summed E-state index contributed by atoms with van der Waals surface area (Å²) in [5.41, 5.74) is 0.260. The van der Waals surface area contributed by atoms with E-state index in [-0.39, 0.29) is 17.3 Å². The molecule has 1 aromatic heterocycles. The van der Waals surface area contributed by atoms with Gasteiger partial charge in [-0.1, -0.05) is 0 Å². The smallest absolute Gasteiger partial charge is 0.329 e. The molecule has 0 saturated carbocycles. The summed E-state index contributed by atoms with van der Waals surface area (Å²) < 4.78 is 34.8. The highest BCUT2D eigenvalue weighted by Gasteiger charge is 2.38. The van der Waals surface area contributed by atoms with Crippen molar-refractivity contribution in [2.45, 2.75) is 30.8 Å². The van der Waals surface area contributed by atoms with Crippen LogP contribution in [0.2, 0.25) is 0 Å². The summed E-state index contributed by atoms with van der Waals surface area (Å²) in [5.74, 6) is 0.708. The molecule has 10 heteroatoms. The number of hydrogen-bond donors (Lipinski definition) is 2. The minimum atomic E-state index is -3.87. The first kappa shape index (κ1) is 20.7. The number of aromatic nitrogens is 2. The molecular weight excluding hydrogens is 420 g/mol. The highest BCUT2D eigenvalue weighted by Crippen LogP contribution is 2.34. The van der Waals surface area contributed by atoms with Crippen molar-refractivity contribution in [3.05, 3.63) is 70.3 Å². The third kappa shape index (κ3) is 3.81. The first-order chi connectivity index (χ1) is 14.8. The molecule has 0 amide bonds. The van der Waals surface area contributed by atoms with Crippen LogP contribution < -0.4 is 10.4 Å². The summed E-state index contributed by atoms with van der Waals surface area (Å²) in [6.45, 7) is 1.83. The Morgan fingerprint density at radius 1 is 1.13 bits per heavy atom. The van der Waals surface area contributed by atoms with Crippen molar-refractivity contribution in [1.29, 1.82) is 5.26 Å². The number of aromatic amines is 1. The summed E-state index contributed by atoms with van der Waals surface area (Å²) in [4.78, 5) is 14.6. The lowest BCUT2D eigenvalue weighted by Crippen LogP contribution is -2.37. The van der Waals surface area contributed by atoms with E-state index in [0.29, 0.717) is 35.6 Å². The van der Waals surface area contributed by atoms with Crippen LogP contribution in [0.1, 0.15) is 30.3 Å². The number of nitriles is 1. The van der Waals surface area contributed by atoms with Gasteiger partial charge in [-0.25, -0.2) is 13.2 Å². The van der Waals surface area contributed by atoms with Crippen LogP contribution in [0.4, 0.5) is 0 Å². The molecule has 0 aliphatic carbocycles. The topological polar surface area (TPSA) is 128 Å². The molecule has 31 heavy (non-hydrogen) atoms. The molecule has 0 radical (unpaired) electrons. The molecule has 2 aromatic carbocycles. The minimum Gasteiger partial charge on any atom is -0.493 e. The average molecular weight is 440 g/mol. The van der Waals surface area contributed by atoms with Crippen LogP contribution in [0.3, 0.4) is 0 Å². The molecule has 1 fully saturated rings. The second-order valence-corrected chi connectivity index (χ2v) is 9.07. The van der Waals surface area contributed by atoms with E-state index in [4.69, 9.17) is 10.00 Å². The molecule has 9 nitrogen and oxygen atoms in total. The van der Waals surface area contributed by atoms with E-state index in [1.54, 1.807) is 43.3 Å². The molecule has 1 atom stereocenters. The van der Waals surface area contributed by atoms with Crippen LogP contribution in [-0.4, -0.2) is 33.9 Å². The van der Waals surface area contributed by atoms with E-state index >= 15 is 0 Å². The van der Waals surface area contributed by atoms with Gasteiger partial charge in [-0.2, -0.15) is 9.57 Å². The third-order valence-electron chi connectivity index (χ3n) is 5.27. The van der Waals surface area contributed by atoms with Crippen LogP contribution in [0.25, 0.3) is 0 Å². The molecule has 0 spiro atoms. The molecule has 2 N–H and O–H groups in total. The zero-order chi connectivity index (χ0) is 22.2. The molecular formula is C21H20N4O5S.